The first-order valence-corrected chi connectivity index (χ1v) is 7.25. The van der Waals surface area contributed by atoms with Crippen molar-refractivity contribution in [2.45, 2.75) is 70.9 Å². The molecular formula is C15H23NO3. The Balaban J connectivity index is 2.27. The first-order valence-electron chi connectivity index (χ1n) is 7.25. The van der Waals surface area contributed by atoms with Crippen molar-refractivity contribution in [3.8, 4) is 0 Å². The van der Waals surface area contributed by atoms with Crippen LogP contribution >= 0.6 is 0 Å². The summed E-state index contributed by atoms with van der Waals surface area (Å²) < 4.78 is 5.58. The van der Waals surface area contributed by atoms with Crippen LogP contribution in [0, 0.1) is 0 Å². The molecule has 1 spiro atoms. The van der Waals surface area contributed by atoms with Gasteiger partial charge in [0.15, 0.2) is 0 Å². The summed E-state index contributed by atoms with van der Waals surface area (Å²) in [6.07, 6.45) is 5.61. The monoisotopic (exact) mass is 265 g/mol. The topological polar surface area (TPSA) is 55.4 Å². The smallest absolute Gasteiger partial charge is 0.335 e. The van der Waals surface area contributed by atoms with E-state index >= 15 is 0 Å². The number of nitrogens with one attached hydrogen (secondary N) is 1. The van der Waals surface area contributed by atoms with Crippen LogP contribution in [0.2, 0.25) is 0 Å². The van der Waals surface area contributed by atoms with Gasteiger partial charge >= 0.3 is 5.97 Å². The van der Waals surface area contributed by atoms with Crippen molar-refractivity contribution in [1.82, 2.24) is 5.32 Å². The number of rotatable bonds is 3. The van der Waals surface area contributed by atoms with Crippen molar-refractivity contribution in [1.29, 1.82) is 0 Å². The summed E-state index contributed by atoms with van der Waals surface area (Å²) in [5, 5.41) is 2.97. The third-order valence-corrected chi connectivity index (χ3v) is 4.30. The van der Waals surface area contributed by atoms with Gasteiger partial charge in [0.1, 0.15) is 5.60 Å². The number of carbonyl (C=O) groups excluding carboxylic acids is 2. The van der Waals surface area contributed by atoms with Gasteiger partial charge in [-0.25, -0.2) is 4.79 Å². The van der Waals surface area contributed by atoms with E-state index in [1.807, 2.05) is 13.8 Å². The van der Waals surface area contributed by atoms with Crippen molar-refractivity contribution in [3.63, 3.8) is 0 Å². The Morgan fingerprint density at radius 2 is 2.00 bits per heavy atom. The number of carbonyl (C=O) groups is 2. The highest BCUT2D eigenvalue weighted by Gasteiger charge is 2.49. The fourth-order valence-electron chi connectivity index (χ4n) is 3.00. The highest BCUT2D eigenvalue weighted by molar-refractivity contribution is 6.07. The molecule has 0 saturated heterocycles. The second kappa shape index (κ2) is 5.35. The van der Waals surface area contributed by atoms with Crippen molar-refractivity contribution in [2.75, 3.05) is 0 Å². The molecule has 0 aromatic heterocycles. The van der Waals surface area contributed by atoms with Crippen LogP contribution in [-0.2, 0) is 14.3 Å². The van der Waals surface area contributed by atoms with E-state index in [0.717, 1.165) is 38.5 Å². The number of hydrogen-bond acceptors (Lipinski definition) is 3. The Labute approximate surface area is 114 Å². The highest BCUT2D eigenvalue weighted by Crippen LogP contribution is 2.43. The zero-order valence-corrected chi connectivity index (χ0v) is 12.0. The first-order chi connectivity index (χ1) is 9.00. The summed E-state index contributed by atoms with van der Waals surface area (Å²) in [4.78, 5) is 24.3. The lowest BCUT2D eigenvalue weighted by Crippen LogP contribution is -2.43. The molecule has 1 fully saturated rings. The van der Waals surface area contributed by atoms with Crippen LogP contribution in [0.15, 0.2) is 11.1 Å². The van der Waals surface area contributed by atoms with E-state index in [4.69, 9.17) is 4.74 Å². The van der Waals surface area contributed by atoms with Crippen molar-refractivity contribution in [2.24, 2.45) is 0 Å². The summed E-state index contributed by atoms with van der Waals surface area (Å²) in [6.45, 7) is 5.70. The molecule has 0 aromatic rings. The first kappa shape index (κ1) is 14.1. The van der Waals surface area contributed by atoms with Crippen LogP contribution in [0.5, 0.6) is 0 Å². The normalized spacial score (nSPS) is 23.4. The van der Waals surface area contributed by atoms with Gasteiger partial charge in [-0.1, -0.05) is 13.3 Å². The lowest BCUT2D eigenvalue weighted by atomic mass is 9.78. The summed E-state index contributed by atoms with van der Waals surface area (Å²) in [7, 11) is 0. The molecule has 2 rings (SSSR count). The molecule has 1 unspecified atom stereocenters. The standard InChI is InChI=1S/C15H23NO3/c1-4-10(2)16-13(17)12-11(3)14(18)19-15(12)8-6-5-7-9-15/h10H,4-9H2,1-3H3,(H,16,17). The van der Waals surface area contributed by atoms with Crippen molar-refractivity contribution < 1.29 is 14.3 Å². The van der Waals surface area contributed by atoms with Crippen molar-refractivity contribution in [3.05, 3.63) is 11.1 Å². The third-order valence-electron chi connectivity index (χ3n) is 4.30. The molecule has 0 radical (unpaired) electrons. The van der Waals surface area contributed by atoms with Gasteiger partial charge < -0.3 is 10.1 Å². The Morgan fingerprint density at radius 3 is 2.58 bits per heavy atom. The summed E-state index contributed by atoms with van der Waals surface area (Å²) in [6, 6.07) is 0.115. The van der Waals surface area contributed by atoms with E-state index in [-0.39, 0.29) is 17.9 Å². The maximum Gasteiger partial charge on any atom is 0.335 e. The van der Waals surface area contributed by atoms with Gasteiger partial charge in [0, 0.05) is 11.6 Å². The van der Waals surface area contributed by atoms with Crippen LogP contribution < -0.4 is 5.32 Å². The summed E-state index contributed by atoms with van der Waals surface area (Å²) in [5.74, 6) is -0.448. The van der Waals surface area contributed by atoms with E-state index in [2.05, 4.69) is 5.32 Å². The van der Waals surface area contributed by atoms with Crippen LogP contribution in [0.25, 0.3) is 0 Å². The van der Waals surface area contributed by atoms with Gasteiger partial charge in [-0.3, -0.25) is 4.79 Å². The lowest BCUT2D eigenvalue weighted by molar-refractivity contribution is -0.149. The van der Waals surface area contributed by atoms with Crippen LogP contribution in [0.3, 0.4) is 0 Å². The molecule has 19 heavy (non-hydrogen) atoms. The molecule has 1 N–H and O–H groups in total. The highest BCUT2D eigenvalue weighted by atomic mass is 16.6. The predicted molar refractivity (Wildman–Crippen MR) is 72.5 cm³/mol. The minimum Gasteiger partial charge on any atom is -0.451 e. The number of ether oxygens (including phenoxy) is 1. The van der Waals surface area contributed by atoms with Crippen LogP contribution in [0.4, 0.5) is 0 Å². The molecule has 106 valence electrons. The fourth-order valence-corrected chi connectivity index (χ4v) is 3.00. The Morgan fingerprint density at radius 1 is 1.37 bits per heavy atom. The van der Waals surface area contributed by atoms with Crippen LogP contribution in [0.1, 0.15) is 59.3 Å². The van der Waals surface area contributed by atoms with Gasteiger partial charge in [0.25, 0.3) is 5.91 Å². The lowest BCUT2D eigenvalue weighted by Gasteiger charge is -2.34. The fraction of sp³-hybridized carbons (Fsp3) is 0.733. The zero-order chi connectivity index (χ0) is 14.0. The predicted octanol–water partition coefficient (Wildman–Crippen LogP) is 2.48. The average Bonchev–Trinajstić information content (AvgIpc) is 2.61. The largest absolute Gasteiger partial charge is 0.451 e. The molecule has 4 nitrogen and oxygen atoms in total. The Bertz CT molecular complexity index is 419. The van der Waals surface area contributed by atoms with Gasteiger partial charge in [0.05, 0.1) is 5.57 Å². The zero-order valence-electron chi connectivity index (χ0n) is 12.0. The van der Waals surface area contributed by atoms with Gasteiger partial charge in [-0.15, -0.1) is 0 Å². The SMILES string of the molecule is CCC(C)NC(=O)C1=C(C)C(=O)OC12CCCCC2. The Kier molecular flexibility index (Phi) is 3.97. The van der Waals surface area contributed by atoms with E-state index < -0.39 is 5.60 Å². The van der Waals surface area contributed by atoms with E-state index in [1.165, 1.54) is 0 Å². The summed E-state index contributed by atoms with van der Waals surface area (Å²) >= 11 is 0. The van der Waals surface area contributed by atoms with Crippen molar-refractivity contribution >= 4 is 11.9 Å². The average molecular weight is 265 g/mol. The van der Waals surface area contributed by atoms with Gasteiger partial charge in [0.2, 0.25) is 0 Å². The molecule has 0 aromatic carbocycles. The molecule has 0 bridgehead atoms. The molecule has 2 aliphatic rings. The maximum atomic E-state index is 12.4. The molecule has 1 atom stereocenters. The van der Waals surface area contributed by atoms with Crippen LogP contribution in [-0.4, -0.2) is 23.5 Å². The van der Waals surface area contributed by atoms with Gasteiger partial charge in [-0.05, 0) is 46.0 Å². The van der Waals surface area contributed by atoms with E-state index in [1.54, 1.807) is 6.92 Å². The van der Waals surface area contributed by atoms with Gasteiger partial charge in [-0.2, -0.15) is 0 Å². The number of amides is 1. The summed E-state index contributed by atoms with van der Waals surface area (Å²) in [5.41, 5.74) is 0.428. The molecule has 4 heteroatoms. The Hall–Kier alpha value is -1.32. The second-order valence-corrected chi connectivity index (χ2v) is 5.73. The molecule has 1 saturated carbocycles. The molecule has 1 aliphatic heterocycles. The minimum atomic E-state index is -0.642. The molecule has 1 heterocycles. The van der Waals surface area contributed by atoms with E-state index in [9.17, 15) is 9.59 Å². The maximum absolute atomic E-state index is 12.4. The third kappa shape index (κ3) is 2.53. The molecular weight excluding hydrogens is 242 g/mol. The number of hydrogen-bond donors (Lipinski definition) is 1. The molecule has 1 amide bonds. The second-order valence-electron chi connectivity index (χ2n) is 5.73. The number of esters is 1. The quantitative estimate of drug-likeness (QED) is 0.798. The molecule has 1 aliphatic carbocycles. The van der Waals surface area contributed by atoms with E-state index in [0.29, 0.717) is 11.1 Å². The minimum absolute atomic E-state index is 0.115.